The molecular formula is C12H17N3O4. The molecule has 3 amide bonds. The van der Waals surface area contributed by atoms with Crippen LogP contribution in [0.2, 0.25) is 0 Å². The number of hydrogen-bond donors (Lipinski definition) is 2. The van der Waals surface area contributed by atoms with Crippen molar-refractivity contribution in [2.45, 2.75) is 12.8 Å². The minimum Gasteiger partial charge on any atom is -0.480 e. The van der Waals surface area contributed by atoms with E-state index < -0.39 is 24.5 Å². The zero-order valence-corrected chi connectivity index (χ0v) is 10.5. The van der Waals surface area contributed by atoms with Gasteiger partial charge in [0.2, 0.25) is 5.91 Å². The lowest BCUT2D eigenvalue weighted by Gasteiger charge is -2.34. The van der Waals surface area contributed by atoms with Crippen molar-refractivity contribution in [3.63, 3.8) is 0 Å². The number of rotatable bonds is 4. The van der Waals surface area contributed by atoms with Gasteiger partial charge in [-0.05, 0) is 12.8 Å². The Kier molecular flexibility index (Phi) is 5.18. The SMILES string of the molecule is C#CCN(CC(=O)O)C(=O)N1CCCC(C(N)=O)C1. The summed E-state index contributed by atoms with van der Waals surface area (Å²) < 4.78 is 0. The van der Waals surface area contributed by atoms with Crippen molar-refractivity contribution in [1.82, 2.24) is 9.80 Å². The molecule has 0 saturated carbocycles. The predicted octanol–water partition coefficient (Wildman–Crippen LogP) is -0.676. The maximum absolute atomic E-state index is 12.1. The number of carboxylic acid groups (broad SMARTS) is 1. The van der Waals surface area contributed by atoms with Crippen LogP contribution in [-0.4, -0.2) is 59.0 Å². The van der Waals surface area contributed by atoms with Crippen LogP contribution in [0.25, 0.3) is 0 Å². The fourth-order valence-electron chi connectivity index (χ4n) is 2.05. The van der Waals surface area contributed by atoms with Crippen molar-refractivity contribution >= 4 is 17.9 Å². The molecule has 1 aliphatic heterocycles. The molecule has 1 unspecified atom stereocenters. The number of likely N-dealkylation sites (tertiary alicyclic amines) is 1. The van der Waals surface area contributed by atoms with Crippen LogP contribution in [0.15, 0.2) is 0 Å². The Morgan fingerprint density at radius 3 is 2.68 bits per heavy atom. The third kappa shape index (κ3) is 4.17. The average Bonchev–Trinajstić information content (AvgIpc) is 2.37. The van der Waals surface area contributed by atoms with Crippen LogP contribution < -0.4 is 5.73 Å². The van der Waals surface area contributed by atoms with Crippen LogP contribution in [-0.2, 0) is 9.59 Å². The van der Waals surface area contributed by atoms with Gasteiger partial charge in [0.1, 0.15) is 6.54 Å². The molecule has 1 atom stereocenters. The first-order valence-corrected chi connectivity index (χ1v) is 5.94. The summed E-state index contributed by atoms with van der Waals surface area (Å²) >= 11 is 0. The Bertz CT molecular complexity index is 416. The summed E-state index contributed by atoms with van der Waals surface area (Å²) in [5.41, 5.74) is 5.23. The molecule has 1 aliphatic rings. The summed E-state index contributed by atoms with van der Waals surface area (Å²) in [4.78, 5) is 36.5. The molecule has 104 valence electrons. The van der Waals surface area contributed by atoms with E-state index in [4.69, 9.17) is 17.3 Å². The lowest BCUT2D eigenvalue weighted by atomic mass is 9.98. The zero-order valence-electron chi connectivity index (χ0n) is 10.5. The third-order valence-corrected chi connectivity index (χ3v) is 2.97. The van der Waals surface area contributed by atoms with Gasteiger partial charge in [-0.2, -0.15) is 0 Å². The van der Waals surface area contributed by atoms with Crippen molar-refractivity contribution in [3.05, 3.63) is 0 Å². The molecule has 0 aromatic rings. The standard InChI is InChI=1S/C12H17N3O4/c1-2-5-14(8-10(16)17)12(19)15-6-3-4-9(7-15)11(13)18/h1,9H,3-8H2,(H2,13,18)(H,16,17). The summed E-state index contributed by atoms with van der Waals surface area (Å²) in [6.07, 6.45) is 6.43. The monoisotopic (exact) mass is 267 g/mol. The van der Waals surface area contributed by atoms with Gasteiger partial charge in [0, 0.05) is 13.1 Å². The van der Waals surface area contributed by atoms with Gasteiger partial charge in [0.25, 0.3) is 0 Å². The highest BCUT2D eigenvalue weighted by Crippen LogP contribution is 2.17. The second-order valence-corrected chi connectivity index (χ2v) is 4.42. The molecule has 0 aromatic heterocycles. The summed E-state index contributed by atoms with van der Waals surface area (Å²) in [6.45, 7) is 0.155. The lowest BCUT2D eigenvalue weighted by Crippen LogP contribution is -2.50. The van der Waals surface area contributed by atoms with E-state index in [9.17, 15) is 14.4 Å². The Hall–Kier alpha value is -2.23. The van der Waals surface area contributed by atoms with E-state index in [0.717, 1.165) is 4.90 Å². The molecule has 1 rings (SSSR count). The van der Waals surface area contributed by atoms with Gasteiger partial charge in [-0.15, -0.1) is 6.42 Å². The number of primary amides is 1. The van der Waals surface area contributed by atoms with Crippen LogP contribution >= 0.6 is 0 Å². The number of carbonyl (C=O) groups excluding carboxylic acids is 2. The number of terminal acetylenes is 1. The molecule has 3 N–H and O–H groups in total. The Morgan fingerprint density at radius 1 is 1.47 bits per heavy atom. The number of nitrogens with zero attached hydrogens (tertiary/aromatic N) is 2. The van der Waals surface area contributed by atoms with Crippen molar-refractivity contribution < 1.29 is 19.5 Å². The van der Waals surface area contributed by atoms with E-state index in [2.05, 4.69) is 5.92 Å². The molecule has 0 bridgehead atoms. The second kappa shape index (κ2) is 6.64. The highest BCUT2D eigenvalue weighted by atomic mass is 16.4. The maximum atomic E-state index is 12.1. The lowest BCUT2D eigenvalue weighted by molar-refractivity contribution is -0.137. The molecule has 1 heterocycles. The maximum Gasteiger partial charge on any atom is 0.323 e. The quantitative estimate of drug-likeness (QED) is 0.659. The number of aliphatic carboxylic acids is 1. The molecule has 0 spiro atoms. The normalized spacial score (nSPS) is 18.5. The average molecular weight is 267 g/mol. The van der Waals surface area contributed by atoms with Crippen LogP contribution in [0.3, 0.4) is 0 Å². The highest BCUT2D eigenvalue weighted by Gasteiger charge is 2.29. The van der Waals surface area contributed by atoms with Crippen molar-refractivity contribution in [2.75, 3.05) is 26.2 Å². The van der Waals surface area contributed by atoms with Gasteiger partial charge in [-0.3, -0.25) is 9.59 Å². The molecule has 7 nitrogen and oxygen atoms in total. The van der Waals surface area contributed by atoms with E-state index in [0.29, 0.717) is 19.4 Å². The molecule has 7 heteroatoms. The molecule has 1 fully saturated rings. The molecule has 0 aromatic carbocycles. The van der Waals surface area contributed by atoms with Gasteiger partial charge in [-0.25, -0.2) is 4.79 Å². The van der Waals surface area contributed by atoms with E-state index in [-0.39, 0.29) is 19.0 Å². The van der Waals surface area contributed by atoms with Gasteiger partial charge in [-0.1, -0.05) is 5.92 Å². The van der Waals surface area contributed by atoms with Gasteiger partial charge >= 0.3 is 12.0 Å². The number of carboxylic acids is 1. The number of urea groups is 1. The first kappa shape index (κ1) is 14.8. The molecular weight excluding hydrogens is 250 g/mol. The number of hydrogen-bond acceptors (Lipinski definition) is 3. The summed E-state index contributed by atoms with van der Waals surface area (Å²) in [5, 5.41) is 8.74. The number of nitrogens with two attached hydrogens (primary N) is 1. The van der Waals surface area contributed by atoms with Crippen molar-refractivity contribution in [1.29, 1.82) is 0 Å². The number of carbonyl (C=O) groups is 3. The number of piperidine rings is 1. The summed E-state index contributed by atoms with van der Waals surface area (Å²) in [5.74, 6) is 0.294. The fraction of sp³-hybridized carbons (Fsp3) is 0.583. The Balaban J connectivity index is 2.70. The zero-order chi connectivity index (χ0) is 14.4. The summed E-state index contributed by atoms with van der Waals surface area (Å²) in [6, 6.07) is -0.466. The molecule has 0 aliphatic carbocycles. The van der Waals surface area contributed by atoms with Crippen LogP contribution in [0, 0.1) is 18.3 Å². The molecule has 19 heavy (non-hydrogen) atoms. The largest absolute Gasteiger partial charge is 0.480 e. The molecule has 0 radical (unpaired) electrons. The Morgan fingerprint density at radius 2 is 2.16 bits per heavy atom. The van der Waals surface area contributed by atoms with Crippen LogP contribution in [0.5, 0.6) is 0 Å². The van der Waals surface area contributed by atoms with E-state index in [1.165, 1.54) is 4.90 Å². The molecule has 1 saturated heterocycles. The summed E-state index contributed by atoms with van der Waals surface area (Å²) in [7, 11) is 0. The highest BCUT2D eigenvalue weighted by molar-refractivity contribution is 5.82. The smallest absolute Gasteiger partial charge is 0.323 e. The van der Waals surface area contributed by atoms with E-state index >= 15 is 0 Å². The predicted molar refractivity (Wildman–Crippen MR) is 66.9 cm³/mol. The van der Waals surface area contributed by atoms with E-state index in [1.54, 1.807) is 0 Å². The van der Waals surface area contributed by atoms with Crippen LogP contribution in [0.1, 0.15) is 12.8 Å². The third-order valence-electron chi connectivity index (χ3n) is 2.97. The van der Waals surface area contributed by atoms with E-state index in [1.807, 2.05) is 0 Å². The second-order valence-electron chi connectivity index (χ2n) is 4.42. The van der Waals surface area contributed by atoms with Gasteiger partial charge in [0.15, 0.2) is 0 Å². The first-order valence-electron chi connectivity index (χ1n) is 5.94. The van der Waals surface area contributed by atoms with Crippen molar-refractivity contribution in [2.24, 2.45) is 11.7 Å². The van der Waals surface area contributed by atoms with Crippen LogP contribution in [0.4, 0.5) is 4.79 Å². The van der Waals surface area contributed by atoms with Gasteiger partial charge < -0.3 is 20.6 Å². The minimum atomic E-state index is -1.13. The van der Waals surface area contributed by atoms with Gasteiger partial charge in [0.05, 0.1) is 12.5 Å². The fourth-order valence-corrected chi connectivity index (χ4v) is 2.05. The minimum absolute atomic E-state index is 0.0805. The van der Waals surface area contributed by atoms with Crippen molar-refractivity contribution in [3.8, 4) is 12.3 Å². The topological polar surface area (TPSA) is 104 Å². The Labute approximate surface area is 111 Å². The first-order chi connectivity index (χ1) is 8.95. The number of amides is 3.